The molecule has 0 aromatic carbocycles. The van der Waals surface area contributed by atoms with E-state index >= 15 is 0 Å². The van der Waals surface area contributed by atoms with Crippen LogP contribution in [0.2, 0.25) is 0 Å². The Hall–Kier alpha value is -2.51. The lowest BCUT2D eigenvalue weighted by molar-refractivity contribution is -0.137. The van der Waals surface area contributed by atoms with Gasteiger partial charge in [-0.15, -0.1) is 0 Å². The van der Waals surface area contributed by atoms with E-state index in [-0.39, 0.29) is 16.9 Å². The van der Waals surface area contributed by atoms with E-state index in [0.29, 0.717) is 0 Å². The Morgan fingerprint density at radius 1 is 1.00 bits per heavy atom. The predicted octanol–water partition coefficient (Wildman–Crippen LogP) is 3.69. The third kappa shape index (κ3) is 2.44. The van der Waals surface area contributed by atoms with Crippen LogP contribution in [0, 0.1) is 11.9 Å². The molecule has 0 radical (unpaired) electrons. The van der Waals surface area contributed by atoms with Gasteiger partial charge < -0.3 is 0 Å². The zero-order valence-electron chi connectivity index (χ0n) is 10.2. The molecule has 0 bridgehead atoms. The largest absolute Gasteiger partial charge is 0.417 e. The van der Waals surface area contributed by atoms with Crippen LogP contribution in [0.15, 0.2) is 36.7 Å². The summed E-state index contributed by atoms with van der Waals surface area (Å²) in [5, 5.41) is 0. The van der Waals surface area contributed by atoms with Gasteiger partial charge in [0.2, 0.25) is 11.9 Å². The van der Waals surface area contributed by atoms with Gasteiger partial charge in [-0.3, -0.25) is 4.40 Å². The molecule has 0 amide bonds. The van der Waals surface area contributed by atoms with E-state index < -0.39 is 23.6 Å². The molecule has 3 aromatic rings. The number of fused-ring (bicyclic) bond motifs is 1. The molecule has 0 N–H and O–H groups in total. The molecule has 0 aliphatic carbocycles. The van der Waals surface area contributed by atoms with Crippen LogP contribution in [0.4, 0.5) is 22.0 Å². The minimum Gasteiger partial charge on any atom is -0.299 e. The third-order valence-electron chi connectivity index (χ3n) is 2.89. The number of hydrogen-bond acceptors (Lipinski definition) is 2. The third-order valence-corrected chi connectivity index (χ3v) is 2.89. The first kappa shape index (κ1) is 13.5. The van der Waals surface area contributed by atoms with E-state index in [1.165, 1.54) is 12.3 Å². The molecule has 3 heterocycles. The molecule has 3 rings (SSSR count). The summed E-state index contributed by atoms with van der Waals surface area (Å²) >= 11 is 0. The van der Waals surface area contributed by atoms with Crippen molar-refractivity contribution in [3.63, 3.8) is 0 Å². The Morgan fingerprint density at radius 2 is 1.67 bits per heavy atom. The summed E-state index contributed by atoms with van der Waals surface area (Å²) in [6.07, 6.45) is -2.46. The number of halogens is 5. The van der Waals surface area contributed by atoms with E-state index in [2.05, 4.69) is 9.97 Å². The first-order chi connectivity index (χ1) is 9.84. The minimum atomic E-state index is -4.52. The highest BCUT2D eigenvalue weighted by atomic mass is 19.4. The normalized spacial score (nSPS) is 12.0. The van der Waals surface area contributed by atoms with Gasteiger partial charge in [0.25, 0.3) is 0 Å². The van der Waals surface area contributed by atoms with E-state index in [1.54, 1.807) is 0 Å². The highest BCUT2D eigenvalue weighted by Crippen LogP contribution is 2.30. The zero-order valence-corrected chi connectivity index (χ0v) is 10.2. The average Bonchev–Trinajstić information content (AvgIpc) is 2.79. The summed E-state index contributed by atoms with van der Waals surface area (Å²) in [7, 11) is 0. The number of alkyl halides is 3. The Morgan fingerprint density at radius 3 is 2.29 bits per heavy atom. The van der Waals surface area contributed by atoms with Gasteiger partial charge in [-0.25, -0.2) is 4.98 Å². The Bertz CT molecular complexity index is 802. The maximum Gasteiger partial charge on any atom is 0.417 e. The monoisotopic (exact) mass is 299 g/mol. The average molecular weight is 299 g/mol. The fraction of sp³-hybridized carbons (Fsp3) is 0.0769. The van der Waals surface area contributed by atoms with Gasteiger partial charge in [-0.05, 0) is 12.1 Å². The van der Waals surface area contributed by atoms with Crippen molar-refractivity contribution < 1.29 is 22.0 Å². The molecule has 108 valence electrons. The summed E-state index contributed by atoms with van der Waals surface area (Å²) in [5.74, 6) is -2.13. The van der Waals surface area contributed by atoms with Crippen molar-refractivity contribution in [1.82, 2.24) is 14.4 Å². The van der Waals surface area contributed by atoms with Crippen LogP contribution in [0.5, 0.6) is 0 Å². The van der Waals surface area contributed by atoms with E-state index in [4.69, 9.17) is 0 Å². The molecular formula is C13H6F5N3. The lowest BCUT2D eigenvalue weighted by Gasteiger charge is -2.08. The first-order valence-electron chi connectivity index (χ1n) is 5.72. The smallest absolute Gasteiger partial charge is 0.299 e. The molecule has 0 atom stereocenters. The summed E-state index contributed by atoms with van der Waals surface area (Å²) in [5.41, 5.74) is -0.469. The molecule has 0 spiro atoms. The predicted molar refractivity (Wildman–Crippen MR) is 63.3 cm³/mol. The fourth-order valence-corrected chi connectivity index (χ4v) is 1.97. The number of aromatic nitrogens is 3. The van der Waals surface area contributed by atoms with Gasteiger partial charge >= 0.3 is 6.18 Å². The molecule has 0 fully saturated rings. The topological polar surface area (TPSA) is 30.2 Å². The van der Waals surface area contributed by atoms with Crippen molar-refractivity contribution in [3.8, 4) is 11.3 Å². The molecule has 0 saturated heterocycles. The standard InChI is InChI=1S/C13H6F5N3/c14-10-3-7(4-11(15)20-10)9-5-19-12-2-1-8(6-21(9)12)13(16,17)18/h1-6H. The number of pyridine rings is 2. The van der Waals surface area contributed by atoms with Crippen LogP contribution in [-0.4, -0.2) is 14.4 Å². The Labute approximate surface area is 114 Å². The Balaban J connectivity index is 2.23. The first-order valence-corrected chi connectivity index (χ1v) is 5.72. The maximum atomic E-state index is 13.1. The van der Waals surface area contributed by atoms with Gasteiger partial charge in [-0.1, -0.05) is 0 Å². The van der Waals surface area contributed by atoms with Crippen molar-refractivity contribution in [1.29, 1.82) is 0 Å². The highest BCUT2D eigenvalue weighted by Gasteiger charge is 2.31. The lowest BCUT2D eigenvalue weighted by Crippen LogP contribution is -2.06. The van der Waals surface area contributed by atoms with E-state index in [9.17, 15) is 22.0 Å². The van der Waals surface area contributed by atoms with Crippen molar-refractivity contribution >= 4 is 5.65 Å². The van der Waals surface area contributed by atoms with E-state index in [1.807, 2.05) is 0 Å². The molecule has 0 aliphatic heterocycles. The SMILES string of the molecule is Fc1cc(-c2cnc3ccc(C(F)(F)F)cn23)cc(F)n1. The number of rotatable bonds is 1. The lowest BCUT2D eigenvalue weighted by atomic mass is 10.2. The summed E-state index contributed by atoms with van der Waals surface area (Å²) in [6, 6.07) is 3.92. The van der Waals surface area contributed by atoms with Crippen molar-refractivity contribution in [2.45, 2.75) is 6.18 Å². The molecule has 3 aromatic heterocycles. The second kappa shape index (κ2) is 4.51. The second-order valence-electron chi connectivity index (χ2n) is 4.29. The van der Waals surface area contributed by atoms with Gasteiger partial charge in [0.05, 0.1) is 17.5 Å². The van der Waals surface area contributed by atoms with Gasteiger partial charge in [-0.2, -0.15) is 26.9 Å². The summed E-state index contributed by atoms with van der Waals surface area (Å²) in [4.78, 5) is 6.85. The van der Waals surface area contributed by atoms with Crippen LogP contribution in [0.3, 0.4) is 0 Å². The fourth-order valence-electron chi connectivity index (χ4n) is 1.97. The molecule has 0 saturated carbocycles. The Kier molecular flexibility index (Phi) is 2.89. The summed E-state index contributed by atoms with van der Waals surface area (Å²) < 4.78 is 65.5. The highest BCUT2D eigenvalue weighted by molar-refractivity contribution is 5.63. The van der Waals surface area contributed by atoms with Crippen LogP contribution in [0.25, 0.3) is 16.9 Å². The number of hydrogen-bond donors (Lipinski definition) is 0. The van der Waals surface area contributed by atoms with Gasteiger partial charge in [0, 0.05) is 23.9 Å². The molecule has 0 unspecified atom stereocenters. The van der Waals surface area contributed by atoms with Crippen molar-refractivity contribution in [2.75, 3.05) is 0 Å². The second-order valence-corrected chi connectivity index (χ2v) is 4.29. The maximum absolute atomic E-state index is 13.1. The summed E-state index contributed by atoms with van der Waals surface area (Å²) in [6.45, 7) is 0. The van der Waals surface area contributed by atoms with Crippen molar-refractivity contribution in [2.24, 2.45) is 0 Å². The quantitative estimate of drug-likeness (QED) is 0.506. The zero-order chi connectivity index (χ0) is 15.2. The van der Waals surface area contributed by atoms with Crippen LogP contribution < -0.4 is 0 Å². The molecule has 3 nitrogen and oxygen atoms in total. The van der Waals surface area contributed by atoms with Gasteiger partial charge in [0.1, 0.15) is 5.65 Å². The van der Waals surface area contributed by atoms with Crippen LogP contribution >= 0.6 is 0 Å². The number of nitrogens with zero attached hydrogens (tertiary/aromatic N) is 3. The van der Waals surface area contributed by atoms with Crippen LogP contribution in [-0.2, 0) is 6.18 Å². The molecule has 21 heavy (non-hydrogen) atoms. The molecule has 8 heteroatoms. The van der Waals surface area contributed by atoms with Gasteiger partial charge in [0.15, 0.2) is 0 Å². The van der Waals surface area contributed by atoms with Crippen molar-refractivity contribution in [3.05, 3.63) is 54.1 Å². The molecular weight excluding hydrogens is 293 g/mol. The molecule has 0 aliphatic rings. The minimum absolute atomic E-state index is 0.0480. The van der Waals surface area contributed by atoms with E-state index in [0.717, 1.165) is 28.8 Å². The number of imidazole rings is 1. The van der Waals surface area contributed by atoms with Crippen LogP contribution in [0.1, 0.15) is 5.56 Å².